The number of amides is 2. The first-order valence-corrected chi connectivity index (χ1v) is 6.17. The van der Waals surface area contributed by atoms with Crippen LogP contribution in [0.2, 0.25) is 0 Å². The Morgan fingerprint density at radius 2 is 2.15 bits per heavy atom. The quantitative estimate of drug-likeness (QED) is 0.667. The fourth-order valence-electron chi connectivity index (χ4n) is 2.38. The van der Waals surface area contributed by atoms with Crippen LogP contribution >= 0.6 is 0 Å². The average Bonchev–Trinajstić information content (AvgIpc) is 2.91. The number of aromatic nitrogens is 2. The molecule has 0 atom stereocenters. The molecule has 2 amide bonds. The number of rotatable bonds is 2. The van der Waals surface area contributed by atoms with Crippen molar-refractivity contribution in [3.05, 3.63) is 35.7 Å². The van der Waals surface area contributed by atoms with Gasteiger partial charge < -0.3 is 15.2 Å². The van der Waals surface area contributed by atoms with Crippen LogP contribution in [-0.2, 0) is 0 Å². The van der Waals surface area contributed by atoms with Crippen LogP contribution in [0.1, 0.15) is 11.5 Å². The number of nitrogens with two attached hydrogens (primary N) is 1. The van der Waals surface area contributed by atoms with Gasteiger partial charge in [-0.3, -0.25) is 5.32 Å². The van der Waals surface area contributed by atoms with Crippen molar-refractivity contribution < 1.29 is 9.32 Å². The maximum Gasteiger partial charge on any atom is 0.317 e. The molecule has 0 bridgehead atoms. The van der Waals surface area contributed by atoms with E-state index in [-0.39, 0.29) is 0 Å². The van der Waals surface area contributed by atoms with Gasteiger partial charge in [0.25, 0.3) is 0 Å². The maximum atomic E-state index is 10.9. The van der Waals surface area contributed by atoms with E-state index in [1.807, 2.05) is 38.1 Å². The Balaban J connectivity index is 2.09. The molecular weight excluding hydrogens is 256 g/mol. The Morgan fingerprint density at radius 1 is 1.35 bits per heavy atom. The molecule has 0 saturated heterocycles. The lowest BCUT2D eigenvalue weighted by Crippen LogP contribution is -2.19. The normalized spacial score (nSPS) is 10.9. The van der Waals surface area contributed by atoms with E-state index >= 15 is 0 Å². The van der Waals surface area contributed by atoms with Crippen LogP contribution in [-0.4, -0.2) is 16.2 Å². The zero-order chi connectivity index (χ0) is 14.3. The highest BCUT2D eigenvalue weighted by molar-refractivity contribution is 5.93. The molecular formula is C14H14N4O2. The Bertz CT molecular complexity index is 781. The molecule has 6 heteroatoms. The second-order valence-corrected chi connectivity index (χ2v) is 4.67. The number of benzene rings is 1. The number of aromatic amines is 1. The number of carbonyl (C=O) groups excluding carboxylic acids is 1. The maximum absolute atomic E-state index is 10.9. The van der Waals surface area contributed by atoms with Crippen molar-refractivity contribution in [1.82, 2.24) is 10.1 Å². The second-order valence-electron chi connectivity index (χ2n) is 4.67. The second kappa shape index (κ2) is 4.41. The van der Waals surface area contributed by atoms with Gasteiger partial charge in [-0.05, 0) is 31.5 Å². The van der Waals surface area contributed by atoms with Crippen molar-refractivity contribution in [2.45, 2.75) is 13.8 Å². The fourth-order valence-corrected chi connectivity index (χ4v) is 2.38. The largest absolute Gasteiger partial charge is 0.361 e. The van der Waals surface area contributed by atoms with Gasteiger partial charge in [-0.2, -0.15) is 0 Å². The van der Waals surface area contributed by atoms with E-state index in [1.165, 1.54) is 0 Å². The van der Waals surface area contributed by atoms with E-state index in [1.54, 1.807) is 0 Å². The summed E-state index contributed by atoms with van der Waals surface area (Å²) in [6, 6.07) is 7.20. The van der Waals surface area contributed by atoms with Gasteiger partial charge in [0.2, 0.25) is 0 Å². The van der Waals surface area contributed by atoms with Crippen molar-refractivity contribution in [3.8, 4) is 11.1 Å². The van der Waals surface area contributed by atoms with E-state index in [4.69, 9.17) is 10.3 Å². The Kier molecular flexibility index (Phi) is 2.71. The highest BCUT2D eigenvalue weighted by Crippen LogP contribution is 2.30. The number of nitrogens with zero attached hydrogens (tertiary/aromatic N) is 1. The molecule has 0 spiro atoms. The molecule has 1 aromatic carbocycles. The number of hydrogen-bond acceptors (Lipinski definition) is 3. The van der Waals surface area contributed by atoms with Crippen molar-refractivity contribution in [2.75, 3.05) is 5.32 Å². The van der Waals surface area contributed by atoms with Crippen LogP contribution in [0.3, 0.4) is 0 Å². The van der Waals surface area contributed by atoms with Gasteiger partial charge in [-0.25, -0.2) is 4.79 Å². The summed E-state index contributed by atoms with van der Waals surface area (Å²) in [6.07, 6.45) is 0. The number of aryl methyl sites for hydroxylation is 2. The molecule has 0 aliphatic rings. The molecule has 0 aliphatic carbocycles. The summed E-state index contributed by atoms with van der Waals surface area (Å²) in [6.45, 7) is 3.79. The summed E-state index contributed by atoms with van der Waals surface area (Å²) >= 11 is 0. The van der Waals surface area contributed by atoms with Gasteiger partial charge in [-0.1, -0.05) is 17.3 Å². The number of anilines is 1. The zero-order valence-corrected chi connectivity index (χ0v) is 11.2. The highest BCUT2D eigenvalue weighted by Gasteiger charge is 2.12. The Labute approximate surface area is 114 Å². The number of urea groups is 1. The number of fused-ring (bicyclic) bond motifs is 1. The standard InChI is InChI=1S/C14H14N4O2/c1-7-13(8(2)20-18-7)10-4-3-9-6-12(17-14(15)19)16-11(9)5-10/h3-6,16H,1-2H3,(H3,15,17,19). The molecule has 0 saturated carbocycles. The van der Waals surface area contributed by atoms with Crippen molar-refractivity contribution >= 4 is 22.8 Å². The van der Waals surface area contributed by atoms with Crippen LogP contribution in [0.4, 0.5) is 10.6 Å². The highest BCUT2D eigenvalue weighted by atomic mass is 16.5. The summed E-state index contributed by atoms with van der Waals surface area (Å²) < 4.78 is 5.19. The number of nitrogens with one attached hydrogen (secondary N) is 2. The average molecular weight is 270 g/mol. The molecule has 3 aromatic rings. The molecule has 0 radical (unpaired) electrons. The molecule has 102 valence electrons. The third-order valence-corrected chi connectivity index (χ3v) is 3.20. The monoisotopic (exact) mass is 270 g/mol. The van der Waals surface area contributed by atoms with Crippen LogP contribution in [0, 0.1) is 13.8 Å². The summed E-state index contributed by atoms with van der Waals surface area (Å²) in [7, 11) is 0. The predicted octanol–water partition coefficient (Wildman–Crippen LogP) is 2.93. The summed E-state index contributed by atoms with van der Waals surface area (Å²) in [4.78, 5) is 14.0. The minimum atomic E-state index is -0.595. The van der Waals surface area contributed by atoms with Gasteiger partial charge >= 0.3 is 6.03 Å². The topological polar surface area (TPSA) is 96.9 Å². The first kappa shape index (κ1) is 12.3. The van der Waals surface area contributed by atoms with E-state index in [0.717, 1.165) is 33.5 Å². The molecule has 0 aliphatic heterocycles. The van der Waals surface area contributed by atoms with Crippen LogP contribution in [0.25, 0.3) is 22.0 Å². The van der Waals surface area contributed by atoms with E-state index in [0.29, 0.717) is 5.82 Å². The van der Waals surface area contributed by atoms with Crippen molar-refractivity contribution in [2.24, 2.45) is 5.73 Å². The summed E-state index contributed by atoms with van der Waals surface area (Å²) in [5, 5.41) is 7.47. The smallest absolute Gasteiger partial charge is 0.317 e. The first-order chi connectivity index (χ1) is 9.54. The lowest BCUT2D eigenvalue weighted by atomic mass is 10.0. The van der Waals surface area contributed by atoms with Crippen molar-refractivity contribution in [1.29, 1.82) is 0 Å². The molecule has 4 N–H and O–H groups in total. The Morgan fingerprint density at radius 3 is 2.80 bits per heavy atom. The summed E-state index contributed by atoms with van der Waals surface area (Å²) in [5.74, 6) is 1.35. The molecule has 2 heterocycles. The predicted molar refractivity (Wildman–Crippen MR) is 76.5 cm³/mol. The molecule has 20 heavy (non-hydrogen) atoms. The minimum Gasteiger partial charge on any atom is -0.361 e. The van der Waals surface area contributed by atoms with Gasteiger partial charge in [0.15, 0.2) is 0 Å². The molecule has 0 fully saturated rings. The van der Waals surface area contributed by atoms with E-state index in [9.17, 15) is 4.79 Å². The van der Waals surface area contributed by atoms with E-state index in [2.05, 4.69) is 15.5 Å². The van der Waals surface area contributed by atoms with Crippen LogP contribution < -0.4 is 11.1 Å². The van der Waals surface area contributed by atoms with Crippen LogP contribution in [0.5, 0.6) is 0 Å². The zero-order valence-electron chi connectivity index (χ0n) is 11.2. The SMILES string of the molecule is Cc1noc(C)c1-c1ccc2cc(NC(N)=O)[nH]c2c1. The minimum absolute atomic E-state index is 0.573. The first-order valence-electron chi connectivity index (χ1n) is 6.17. The van der Waals surface area contributed by atoms with Gasteiger partial charge in [0, 0.05) is 16.5 Å². The lowest BCUT2D eigenvalue weighted by molar-refractivity contribution is 0.259. The number of hydrogen-bond donors (Lipinski definition) is 3. The van der Waals surface area contributed by atoms with E-state index < -0.39 is 6.03 Å². The number of primary amides is 1. The molecule has 2 aromatic heterocycles. The lowest BCUT2D eigenvalue weighted by Gasteiger charge is -2.00. The number of carbonyl (C=O) groups is 1. The molecule has 3 rings (SSSR count). The van der Waals surface area contributed by atoms with Gasteiger partial charge in [0.05, 0.1) is 5.69 Å². The molecule has 0 unspecified atom stereocenters. The third-order valence-electron chi connectivity index (χ3n) is 3.20. The number of H-pyrrole nitrogens is 1. The van der Waals surface area contributed by atoms with Gasteiger partial charge in [0.1, 0.15) is 11.6 Å². The van der Waals surface area contributed by atoms with Crippen LogP contribution in [0.15, 0.2) is 28.8 Å². The van der Waals surface area contributed by atoms with Gasteiger partial charge in [-0.15, -0.1) is 0 Å². The molecule has 6 nitrogen and oxygen atoms in total. The fraction of sp³-hybridized carbons (Fsp3) is 0.143. The Hall–Kier alpha value is -2.76. The summed E-state index contributed by atoms with van der Waals surface area (Å²) in [5.41, 5.74) is 8.87. The van der Waals surface area contributed by atoms with Crippen molar-refractivity contribution in [3.63, 3.8) is 0 Å². The third kappa shape index (κ3) is 2.01.